The lowest BCUT2D eigenvalue weighted by atomic mass is 10.0. The first-order chi connectivity index (χ1) is 11.8. The van der Waals surface area contributed by atoms with Gasteiger partial charge in [-0.1, -0.05) is 52.3 Å². The van der Waals surface area contributed by atoms with Gasteiger partial charge in [-0.15, -0.1) is 0 Å². The van der Waals surface area contributed by atoms with Gasteiger partial charge in [0.15, 0.2) is 0 Å². The van der Waals surface area contributed by atoms with E-state index in [1.54, 1.807) is 0 Å². The fourth-order valence-electron chi connectivity index (χ4n) is 3.50. The molecule has 0 aliphatic carbocycles. The van der Waals surface area contributed by atoms with Gasteiger partial charge in [0, 0.05) is 21.4 Å². The Balaban J connectivity index is 2.07. The van der Waals surface area contributed by atoms with Crippen LogP contribution in [0.3, 0.4) is 0 Å². The van der Waals surface area contributed by atoms with E-state index in [-0.39, 0.29) is 0 Å². The van der Waals surface area contributed by atoms with Gasteiger partial charge in [-0.25, -0.2) is 4.98 Å². The Morgan fingerprint density at radius 2 is 1.58 bits per heavy atom. The molecule has 5 aromatic rings. The van der Waals surface area contributed by atoms with Gasteiger partial charge in [0.25, 0.3) is 0 Å². The Labute approximate surface area is 147 Å². The largest absolute Gasteiger partial charge is 0.294 e. The van der Waals surface area contributed by atoms with Crippen LogP contribution >= 0.6 is 15.9 Å². The van der Waals surface area contributed by atoms with Gasteiger partial charge in [0.05, 0.1) is 11.0 Å². The number of fused-ring (bicyclic) bond motifs is 5. The van der Waals surface area contributed by atoms with Crippen LogP contribution in [-0.2, 0) is 0 Å². The summed E-state index contributed by atoms with van der Waals surface area (Å²) in [7, 11) is 0. The standard InChI is InChI=1S/C21H13BrN2/c22-15-9-11-18-17(13-15)21-16-6-2-1-5-14(16)8-10-19(21)24(18)20-7-3-4-12-23-20/h1-13H. The summed E-state index contributed by atoms with van der Waals surface area (Å²) in [4.78, 5) is 4.58. The minimum Gasteiger partial charge on any atom is -0.294 e. The fourth-order valence-corrected chi connectivity index (χ4v) is 3.86. The molecule has 2 aromatic heterocycles. The molecule has 0 spiro atoms. The average molecular weight is 373 g/mol. The van der Waals surface area contributed by atoms with E-state index >= 15 is 0 Å². The molecule has 0 bridgehead atoms. The van der Waals surface area contributed by atoms with Crippen molar-refractivity contribution in [3.63, 3.8) is 0 Å². The molecule has 114 valence electrons. The number of nitrogens with zero attached hydrogens (tertiary/aromatic N) is 2. The number of aromatic nitrogens is 2. The van der Waals surface area contributed by atoms with Crippen LogP contribution in [-0.4, -0.2) is 9.55 Å². The van der Waals surface area contributed by atoms with Crippen LogP contribution in [0.2, 0.25) is 0 Å². The third kappa shape index (κ3) is 1.91. The zero-order valence-corrected chi connectivity index (χ0v) is 14.4. The normalized spacial score (nSPS) is 11.5. The second kappa shape index (κ2) is 5.18. The van der Waals surface area contributed by atoms with Crippen molar-refractivity contribution in [2.45, 2.75) is 0 Å². The Kier molecular flexibility index (Phi) is 2.97. The summed E-state index contributed by atoms with van der Waals surface area (Å²) in [5.74, 6) is 0.940. The molecular weight excluding hydrogens is 360 g/mol. The molecule has 0 radical (unpaired) electrons. The zero-order valence-electron chi connectivity index (χ0n) is 12.8. The molecule has 2 nitrogen and oxygen atoms in total. The number of halogens is 1. The first-order valence-corrected chi connectivity index (χ1v) is 8.65. The molecule has 3 heteroatoms. The Hall–Kier alpha value is -2.65. The molecule has 2 heterocycles. The van der Waals surface area contributed by atoms with Gasteiger partial charge in [-0.3, -0.25) is 4.57 Å². The first kappa shape index (κ1) is 13.8. The highest BCUT2D eigenvalue weighted by Gasteiger charge is 2.15. The third-order valence-corrected chi connectivity index (χ3v) is 4.99. The summed E-state index contributed by atoms with van der Waals surface area (Å²) in [6.45, 7) is 0. The van der Waals surface area contributed by atoms with Crippen LogP contribution in [0.5, 0.6) is 0 Å². The van der Waals surface area contributed by atoms with Gasteiger partial charge in [0.2, 0.25) is 0 Å². The molecule has 0 unspecified atom stereocenters. The van der Waals surface area contributed by atoms with Crippen LogP contribution in [0.4, 0.5) is 0 Å². The molecule has 5 rings (SSSR count). The molecule has 0 fully saturated rings. The van der Waals surface area contributed by atoms with Crippen molar-refractivity contribution in [1.29, 1.82) is 0 Å². The van der Waals surface area contributed by atoms with Crippen LogP contribution in [0.1, 0.15) is 0 Å². The SMILES string of the molecule is Brc1ccc2c(c1)c1c3ccccc3ccc1n2-c1ccccn1. The van der Waals surface area contributed by atoms with Crippen molar-refractivity contribution in [2.75, 3.05) is 0 Å². The van der Waals surface area contributed by atoms with Gasteiger partial charge >= 0.3 is 0 Å². The van der Waals surface area contributed by atoms with Crippen molar-refractivity contribution < 1.29 is 0 Å². The van der Waals surface area contributed by atoms with Crippen LogP contribution in [0.25, 0.3) is 38.4 Å². The highest BCUT2D eigenvalue weighted by molar-refractivity contribution is 9.10. The Morgan fingerprint density at radius 1 is 0.750 bits per heavy atom. The van der Waals surface area contributed by atoms with Gasteiger partial charge in [-0.2, -0.15) is 0 Å². The topological polar surface area (TPSA) is 17.8 Å². The van der Waals surface area contributed by atoms with E-state index in [1.807, 2.05) is 18.3 Å². The predicted octanol–water partition coefficient (Wildman–Crippen LogP) is 6.09. The highest BCUT2D eigenvalue weighted by Crippen LogP contribution is 2.37. The molecule has 0 atom stereocenters. The van der Waals surface area contributed by atoms with Crippen molar-refractivity contribution in [1.82, 2.24) is 9.55 Å². The minimum atomic E-state index is 0.940. The number of hydrogen-bond donors (Lipinski definition) is 0. The minimum absolute atomic E-state index is 0.940. The summed E-state index contributed by atoms with van der Waals surface area (Å²) in [6.07, 6.45) is 1.84. The van der Waals surface area contributed by atoms with Gasteiger partial charge in [0.1, 0.15) is 5.82 Å². The summed E-state index contributed by atoms with van der Waals surface area (Å²) in [5, 5.41) is 5.04. The van der Waals surface area contributed by atoms with E-state index in [0.717, 1.165) is 10.3 Å². The van der Waals surface area contributed by atoms with E-state index in [0.29, 0.717) is 0 Å². The Morgan fingerprint density at radius 3 is 2.46 bits per heavy atom. The number of pyridine rings is 1. The maximum absolute atomic E-state index is 4.58. The van der Waals surface area contributed by atoms with E-state index in [2.05, 4.69) is 86.1 Å². The molecule has 0 saturated carbocycles. The van der Waals surface area contributed by atoms with Gasteiger partial charge < -0.3 is 0 Å². The first-order valence-electron chi connectivity index (χ1n) is 7.86. The van der Waals surface area contributed by atoms with Crippen molar-refractivity contribution in [3.8, 4) is 5.82 Å². The molecule has 24 heavy (non-hydrogen) atoms. The lowest BCUT2D eigenvalue weighted by Crippen LogP contribution is -1.96. The molecule has 0 aliphatic rings. The predicted molar refractivity (Wildman–Crippen MR) is 104 cm³/mol. The molecule has 3 aromatic carbocycles. The highest BCUT2D eigenvalue weighted by atomic mass is 79.9. The molecule has 0 amide bonds. The number of hydrogen-bond acceptors (Lipinski definition) is 1. The van der Waals surface area contributed by atoms with Crippen LogP contribution in [0, 0.1) is 0 Å². The maximum Gasteiger partial charge on any atom is 0.137 e. The van der Waals surface area contributed by atoms with E-state index in [1.165, 1.54) is 32.6 Å². The lowest BCUT2D eigenvalue weighted by molar-refractivity contribution is 1.08. The van der Waals surface area contributed by atoms with Gasteiger partial charge in [-0.05, 0) is 47.2 Å². The number of rotatable bonds is 1. The second-order valence-electron chi connectivity index (χ2n) is 5.87. The van der Waals surface area contributed by atoms with Crippen LogP contribution in [0.15, 0.2) is 83.5 Å². The number of benzene rings is 3. The van der Waals surface area contributed by atoms with Crippen LogP contribution < -0.4 is 0 Å². The molecule has 0 saturated heterocycles. The fraction of sp³-hybridized carbons (Fsp3) is 0. The van der Waals surface area contributed by atoms with Crippen molar-refractivity contribution >= 4 is 48.5 Å². The van der Waals surface area contributed by atoms with E-state index < -0.39 is 0 Å². The summed E-state index contributed by atoms with van der Waals surface area (Å²) in [5.41, 5.74) is 2.35. The van der Waals surface area contributed by atoms with E-state index in [4.69, 9.17) is 0 Å². The lowest BCUT2D eigenvalue weighted by Gasteiger charge is -2.06. The third-order valence-electron chi connectivity index (χ3n) is 4.50. The quantitative estimate of drug-likeness (QED) is 0.347. The molecule has 0 N–H and O–H groups in total. The zero-order chi connectivity index (χ0) is 16.1. The van der Waals surface area contributed by atoms with Crippen molar-refractivity contribution in [2.24, 2.45) is 0 Å². The monoisotopic (exact) mass is 372 g/mol. The Bertz CT molecular complexity index is 1210. The average Bonchev–Trinajstić information content (AvgIpc) is 2.96. The molecular formula is C21H13BrN2. The smallest absolute Gasteiger partial charge is 0.137 e. The summed E-state index contributed by atoms with van der Waals surface area (Å²) in [6, 6.07) is 25.4. The second-order valence-corrected chi connectivity index (χ2v) is 6.78. The summed E-state index contributed by atoms with van der Waals surface area (Å²) >= 11 is 3.62. The molecule has 0 aliphatic heterocycles. The van der Waals surface area contributed by atoms with E-state index in [9.17, 15) is 0 Å². The summed E-state index contributed by atoms with van der Waals surface area (Å²) < 4.78 is 3.33. The van der Waals surface area contributed by atoms with Crippen molar-refractivity contribution in [3.05, 3.63) is 83.5 Å². The maximum atomic E-state index is 4.58.